The first-order chi connectivity index (χ1) is 5.24. The van der Waals surface area contributed by atoms with Crippen LogP contribution in [-0.4, -0.2) is 0 Å². The van der Waals surface area contributed by atoms with Crippen molar-refractivity contribution in [3.05, 3.63) is 0 Å². The second kappa shape index (κ2) is 3.81. The second-order valence-corrected chi connectivity index (χ2v) is 3.91. The maximum atomic E-state index is 3.28. The highest BCUT2D eigenvalue weighted by Crippen LogP contribution is 2.34. The van der Waals surface area contributed by atoms with E-state index in [0.717, 1.165) is 11.8 Å². The third-order valence-electron chi connectivity index (χ3n) is 2.76. The largest absolute Gasteiger partial charge is 0.106 e. The van der Waals surface area contributed by atoms with Crippen molar-refractivity contribution in [1.29, 1.82) is 0 Å². The lowest BCUT2D eigenvalue weighted by Crippen LogP contribution is -2.03. The molecular formula is C11H18. The van der Waals surface area contributed by atoms with Gasteiger partial charge in [0.2, 0.25) is 0 Å². The first-order valence-corrected chi connectivity index (χ1v) is 4.66. The van der Waals surface area contributed by atoms with Gasteiger partial charge in [0.1, 0.15) is 0 Å². The molecule has 0 bridgehead atoms. The molecule has 11 heavy (non-hydrogen) atoms. The summed E-state index contributed by atoms with van der Waals surface area (Å²) >= 11 is 0. The fourth-order valence-electron chi connectivity index (χ4n) is 1.96. The van der Waals surface area contributed by atoms with Crippen LogP contribution in [0.3, 0.4) is 0 Å². The van der Waals surface area contributed by atoms with Gasteiger partial charge in [0, 0.05) is 5.92 Å². The Hall–Kier alpha value is -0.440. The SMILES string of the molecule is CC#CC1CCC(C(C)C)C1. The molecular weight excluding hydrogens is 132 g/mol. The molecule has 2 unspecified atom stereocenters. The van der Waals surface area contributed by atoms with E-state index in [0.29, 0.717) is 5.92 Å². The van der Waals surface area contributed by atoms with E-state index in [9.17, 15) is 0 Å². The van der Waals surface area contributed by atoms with Gasteiger partial charge < -0.3 is 0 Å². The van der Waals surface area contributed by atoms with Crippen LogP contribution in [0, 0.1) is 29.6 Å². The van der Waals surface area contributed by atoms with Crippen LogP contribution in [0.4, 0.5) is 0 Å². The molecule has 0 heterocycles. The van der Waals surface area contributed by atoms with Crippen molar-refractivity contribution in [2.75, 3.05) is 0 Å². The van der Waals surface area contributed by atoms with E-state index < -0.39 is 0 Å². The highest BCUT2D eigenvalue weighted by atomic mass is 14.3. The molecule has 1 aliphatic rings. The summed E-state index contributed by atoms with van der Waals surface area (Å²) in [6, 6.07) is 0. The lowest BCUT2D eigenvalue weighted by molar-refractivity contribution is 0.390. The Balaban J connectivity index is 2.38. The molecule has 1 rings (SSSR count). The summed E-state index contributed by atoms with van der Waals surface area (Å²) in [6.07, 6.45) is 4.08. The highest BCUT2D eigenvalue weighted by Gasteiger charge is 2.24. The van der Waals surface area contributed by atoms with Gasteiger partial charge in [0.15, 0.2) is 0 Å². The molecule has 1 saturated carbocycles. The minimum Gasteiger partial charge on any atom is -0.106 e. The molecule has 0 aromatic rings. The van der Waals surface area contributed by atoms with Crippen molar-refractivity contribution in [2.45, 2.75) is 40.0 Å². The normalized spacial score (nSPS) is 30.2. The highest BCUT2D eigenvalue weighted by molar-refractivity contribution is 5.03. The molecule has 0 aromatic carbocycles. The molecule has 62 valence electrons. The molecule has 0 amide bonds. The zero-order chi connectivity index (χ0) is 8.27. The Morgan fingerprint density at radius 3 is 2.45 bits per heavy atom. The summed E-state index contributed by atoms with van der Waals surface area (Å²) in [5.41, 5.74) is 0. The van der Waals surface area contributed by atoms with Gasteiger partial charge >= 0.3 is 0 Å². The molecule has 0 N–H and O–H groups in total. The van der Waals surface area contributed by atoms with E-state index >= 15 is 0 Å². The lowest BCUT2D eigenvalue weighted by atomic mass is 9.93. The van der Waals surface area contributed by atoms with Crippen molar-refractivity contribution in [3.8, 4) is 11.8 Å². The maximum absolute atomic E-state index is 3.28. The molecule has 0 radical (unpaired) electrons. The number of hydrogen-bond donors (Lipinski definition) is 0. The molecule has 0 aromatic heterocycles. The van der Waals surface area contributed by atoms with Crippen molar-refractivity contribution >= 4 is 0 Å². The minimum absolute atomic E-state index is 0.715. The van der Waals surface area contributed by atoms with E-state index in [1.54, 1.807) is 0 Å². The average Bonchev–Trinajstić information content (AvgIpc) is 2.37. The van der Waals surface area contributed by atoms with Crippen LogP contribution in [0.25, 0.3) is 0 Å². The maximum Gasteiger partial charge on any atom is 0.0205 e. The van der Waals surface area contributed by atoms with Gasteiger partial charge in [-0.25, -0.2) is 0 Å². The Morgan fingerprint density at radius 1 is 1.27 bits per heavy atom. The average molecular weight is 150 g/mol. The van der Waals surface area contributed by atoms with Crippen molar-refractivity contribution in [2.24, 2.45) is 17.8 Å². The molecule has 0 spiro atoms. The third-order valence-corrected chi connectivity index (χ3v) is 2.76. The fraction of sp³-hybridized carbons (Fsp3) is 0.818. The Labute approximate surface area is 70.4 Å². The van der Waals surface area contributed by atoms with Gasteiger partial charge in [-0.2, -0.15) is 0 Å². The van der Waals surface area contributed by atoms with Crippen molar-refractivity contribution in [1.82, 2.24) is 0 Å². The van der Waals surface area contributed by atoms with Crippen LogP contribution in [0.1, 0.15) is 40.0 Å². The van der Waals surface area contributed by atoms with Crippen LogP contribution in [0.2, 0.25) is 0 Å². The summed E-state index contributed by atoms with van der Waals surface area (Å²) in [6.45, 7) is 6.60. The smallest absolute Gasteiger partial charge is 0.0205 e. The standard InChI is InChI=1S/C11H18/c1-4-5-10-6-7-11(8-10)9(2)3/h9-11H,6-8H2,1-3H3. The summed E-state index contributed by atoms with van der Waals surface area (Å²) in [7, 11) is 0. The van der Waals surface area contributed by atoms with Gasteiger partial charge in [0.25, 0.3) is 0 Å². The molecule has 2 atom stereocenters. The summed E-state index contributed by atoms with van der Waals surface area (Å²) < 4.78 is 0. The molecule has 0 saturated heterocycles. The van der Waals surface area contributed by atoms with Crippen LogP contribution in [-0.2, 0) is 0 Å². The predicted octanol–water partition coefficient (Wildman–Crippen LogP) is 3.08. The van der Waals surface area contributed by atoms with Crippen LogP contribution >= 0.6 is 0 Å². The topological polar surface area (TPSA) is 0 Å². The van der Waals surface area contributed by atoms with Crippen LogP contribution in [0.15, 0.2) is 0 Å². The molecule has 1 fully saturated rings. The Bertz CT molecular complexity index is 168. The number of hydrogen-bond acceptors (Lipinski definition) is 0. The summed E-state index contributed by atoms with van der Waals surface area (Å²) in [4.78, 5) is 0. The van der Waals surface area contributed by atoms with Crippen LogP contribution in [0.5, 0.6) is 0 Å². The first-order valence-electron chi connectivity index (χ1n) is 4.66. The van der Waals surface area contributed by atoms with E-state index in [4.69, 9.17) is 0 Å². The molecule has 0 aliphatic heterocycles. The summed E-state index contributed by atoms with van der Waals surface area (Å²) in [5.74, 6) is 8.82. The van der Waals surface area contributed by atoms with Crippen LogP contribution < -0.4 is 0 Å². The van der Waals surface area contributed by atoms with Gasteiger partial charge in [0.05, 0.1) is 0 Å². The predicted molar refractivity (Wildman–Crippen MR) is 49.1 cm³/mol. The summed E-state index contributed by atoms with van der Waals surface area (Å²) in [5, 5.41) is 0. The van der Waals surface area contributed by atoms with Crippen molar-refractivity contribution < 1.29 is 0 Å². The fourth-order valence-corrected chi connectivity index (χ4v) is 1.96. The molecule has 1 aliphatic carbocycles. The lowest BCUT2D eigenvalue weighted by Gasteiger charge is -2.12. The van der Waals surface area contributed by atoms with Gasteiger partial charge in [-0.05, 0) is 38.0 Å². The Kier molecular flexibility index (Phi) is 3.00. The van der Waals surface area contributed by atoms with E-state index in [2.05, 4.69) is 25.7 Å². The quantitative estimate of drug-likeness (QED) is 0.504. The zero-order valence-electron chi connectivity index (χ0n) is 7.85. The van der Waals surface area contributed by atoms with E-state index in [1.807, 2.05) is 6.92 Å². The van der Waals surface area contributed by atoms with Gasteiger partial charge in [-0.15, -0.1) is 11.8 Å². The first kappa shape index (κ1) is 8.65. The third kappa shape index (κ3) is 2.26. The Morgan fingerprint density at radius 2 is 2.00 bits per heavy atom. The van der Waals surface area contributed by atoms with Crippen molar-refractivity contribution in [3.63, 3.8) is 0 Å². The second-order valence-electron chi connectivity index (χ2n) is 3.91. The zero-order valence-corrected chi connectivity index (χ0v) is 7.85. The van der Waals surface area contributed by atoms with Gasteiger partial charge in [-0.1, -0.05) is 13.8 Å². The number of rotatable bonds is 1. The minimum atomic E-state index is 0.715. The molecule has 0 nitrogen and oxygen atoms in total. The van der Waals surface area contributed by atoms with E-state index in [1.165, 1.54) is 19.3 Å². The van der Waals surface area contributed by atoms with E-state index in [-0.39, 0.29) is 0 Å². The van der Waals surface area contributed by atoms with Gasteiger partial charge in [-0.3, -0.25) is 0 Å². The molecule has 0 heteroatoms. The monoisotopic (exact) mass is 150 g/mol.